The first-order chi connectivity index (χ1) is 9.93. The molecule has 1 N–H and O–H groups in total. The predicted molar refractivity (Wildman–Crippen MR) is 78.6 cm³/mol. The van der Waals surface area contributed by atoms with Crippen molar-refractivity contribution in [3.63, 3.8) is 0 Å². The van der Waals surface area contributed by atoms with Gasteiger partial charge in [0.1, 0.15) is 0 Å². The van der Waals surface area contributed by atoms with Gasteiger partial charge in [0.25, 0.3) is 0 Å². The average molecular weight is 304 g/mol. The van der Waals surface area contributed by atoms with Crippen molar-refractivity contribution in [3.05, 3.63) is 29.3 Å². The molecule has 3 nitrogen and oxygen atoms in total. The van der Waals surface area contributed by atoms with Crippen molar-refractivity contribution in [2.24, 2.45) is 0 Å². The van der Waals surface area contributed by atoms with E-state index in [0.717, 1.165) is 0 Å². The molecule has 1 aromatic carbocycles. The van der Waals surface area contributed by atoms with Crippen LogP contribution in [0.25, 0.3) is 0 Å². The second-order valence-corrected chi connectivity index (χ2v) is 4.66. The van der Waals surface area contributed by atoms with Crippen LogP contribution in [0, 0.1) is 0 Å². The molecule has 0 saturated carbocycles. The highest BCUT2D eigenvalue weighted by molar-refractivity contribution is 5.56. The fourth-order valence-electron chi connectivity index (χ4n) is 2.17. The van der Waals surface area contributed by atoms with Crippen LogP contribution in [0.2, 0.25) is 0 Å². The number of nitrogens with one attached hydrogen (secondary N) is 1. The highest BCUT2D eigenvalue weighted by Gasteiger charge is 2.34. The molecular formula is C15H23F3N2O. The molecule has 0 aliphatic heterocycles. The van der Waals surface area contributed by atoms with Crippen LogP contribution in [0.5, 0.6) is 0 Å². The molecule has 1 rings (SSSR count). The van der Waals surface area contributed by atoms with Gasteiger partial charge in [0, 0.05) is 31.9 Å². The Hall–Kier alpha value is -1.27. The van der Waals surface area contributed by atoms with Crippen LogP contribution in [0.15, 0.2) is 18.2 Å². The van der Waals surface area contributed by atoms with Gasteiger partial charge in [-0.1, -0.05) is 6.07 Å². The summed E-state index contributed by atoms with van der Waals surface area (Å²) in [6, 6.07) is 4.49. The molecule has 0 bridgehead atoms. The quantitative estimate of drug-likeness (QED) is 0.746. The lowest BCUT2D eigenvalue weighted by molar-refractivity contribution is -0.137. The third-order valence-corrected chi connectivity index (χ3v) is 3.18. The third-order valence-electron chi connectivity index (χ3n) is 3.18. The molecule has 6 heteroatoms. The first kappa shape index (κ1) is 17.8. The zero-order valence-electron chi connectivity index (χ0n) is 12.8. The first-order valence-electron chi connectivity index (χ1n) is 7.11. The van der Waals surface area contributed by atoms with Gasteiger partial charge in [-0.3, -0.25) is 0 Å². The molecule has 0 radical (unpaired) electrons. The summed E-state index contributed by atoms with van der Waals surface area (Å²) in [5.41, 5.74) is 0.243. The maximum atomic E-state index is 13.3. The smallest absolute Gasteiger partial charge is 0.380 e. The van der Waals surface area contributed by atoms with E-state index in [1.807, 2.05) is 13.8 Å². The van der Waals surface area contributed by atoms with Crippen LogP contribution in [0.4, 0.5) is 18.9 Å². The molecule has 0 spiro atoms. The molecule has 0 aliphatic carbocycles. The van der Waals surface area contributed by atoms with Gasteiger partial charge in [0.2, 0.25) is 0 Å². The van der Waals surface area contributed by atoms with E-state index < -0.39 is 11.7 Å². The number of hydrogen-bond acceptors (Lipinski definition) is 3. The zero-order valence-corrected chi connectivity index (χ0v) is 12.8. The van der Waals surface area contributed by atoms with Crippen molar-refractivity contribution in [2.75, 3.05) is 38.3 Å². The number of alkyl halides is 3. The molecule has 120 valence electrons. The van der Waals surface area contributed by atoms with Gasteiger partial charge in [0.15, 0.2) is 0 Å². The lowest BCUT2D eigenvalue weighted by Gasteiger charge is -2.27. The summed E-state index contributed by atoms with van der Waals surface area (Å²) in [5, 5.41) is 2.87. The summed E-state index contributed by atoms with van der Waals surface area (Å²) in [6.45, 7) is 6.04. The van der Waals surface area contributed by atoms with Gasteiger partial charge in [-0.15, -0.1) is 0 Å². The Morgan fingerprint density at radius 3 is 2.48 bits per heavy atom. The predicted octanol–water partition coefficient (Wildman–Crippen LogP) is 3.29. The van der Waals surface area contributed by atoms with E-state index in [-0.39, 0.29) is 5.69 Å². The van der Waals surface area contributed by atoms with Crippen LogP contribution in [-0.2, 0) is 17.5 Å². The van der Waals surface area contributed by atoms with Gasteiger partial charge in [-0.05, 0) is 38.6 Å². The third kappa shape index (κ3) is 5.21. The van der Waals surface area contributed by atoms with Gasteiger partial charge >= 0.3 is 6.18 Å². The van der Waals surface area contributed by atoms with Gasteiger partial charge in [0.05, 0.1) is 12.2 Å². The number of halogens is 3. The summed E-state index contributed by atoms with van der Waals surface area (Å²) in [7, 11) is 1.71. The van der Waals surface area contributed by atoms with E-state index in [0.29, 0.717) is 38.4 Å². The minimum absolute atomic E-state index is 0.213. The minimum atomic E-state index is -4.36. The Morgan fingerprint density at radius 2 is 1.95 bits per heavy atom. The summed E-state index contributed by atoms with van der Waals surface area (Å²) in [4.78, 5) is 1.70. The van der Waals surface area contributed by atoms with E-state index in [2.05, 4.69) is 5.32 Å². The van der Waals surface area contributed by atoms with Gasteiger partial charge in [-0.2, -0.15) is 13.2 Å². The van der Waals surface area contributed by atoms with Crippen molar-refractivity contribution < 1.29 is 17.9 Å². The van der Waals surface area contributed by atoms with Crippen molar-refractivity contribution in [1.82, 2.24) is 5.32 Å². The van der Waals surface area contributed by atoms with Crippen molar-refractivity contribution in [2.45, 2.75) is 26.6 Å². The summed E-state index contributed by atoms with van der Waals surface area (Å²) >= 11 is 0. The number of rotatable bonds is 8. The molecule has 1 aromatic rings. The van der Waals surface area contributed by atoms with E-state index in [4.69, 9.17) is 4.74 Å². The fourth-order valence-corrected chi connectivity index (χ4v) is 2.17. The Morgan fingerprint density at radius 1 is 1.24 bits per heavy atom. The van der Waals surface area contributed by atoms with Gasteiger partial charge in [-0.25, -0.2) is 0 Å². The molecule has 0 heterocycles. The topological polar surface area (TPSA) is 24.5 Å². The zero-order chi connectivity index (χ0) is 15.9. The first-order valence-corrected chi connectivity index (χ1v) is 7.11. The largest absolute Gasteiger partial charge is 0.418 e. The van der Waals surface area contributed by atoms with Crippen LogP contribution < -0.4 is 10.2 Å². The van der Waals surface area contributed by atoms with E-state index in [1.54, 1.807) is 24.1 Å². The summed E-state index contributed by atoms with van der Waals surface area (Å²) < 4.78 is 45.1. The highest BCUT2D eigenvalue weighted by atomic mass is 19.4. The summed E-state index contributed by atoms with van der Waals surface area (Å²) in [5.74, 6) is 0. The fraction of sp³-hybridized carbons (Fsp3) is 0.600. The monoisotopic (exact) mass is 304 g/mol. The number of likely N-dealkylation sites (N-methyl/N-ethyl adjacent to an activating group) is 1. The number of anilines is 1. The van der Waals surface area contributed by atoms with Crippen molar-refractivity contribution in [1.29, 1.82) is 0 Å². The molecular weight excluding hydrogens is 281 g/mol. The standard InChI is InChI=1S/C15H23F3N2O/c1-4-20(8-9-21-5-2)14-7-6-12(11-19-3)10-13(14)15(16,17)18/h6-7,10,19H,4-5,8-9,11H2,1-3H3. The molecule has 21 heavy (non-hydrogen) atoms. The van der Waals surface area contributed by atoms with E-state index in [9.17, 15) is 13.2 Å². The minimum Gasteiger partial charge on any atom is -0.380 e. The SMILES string of the molecule is CCOCCN(CC)c1ccc(CNC)cc1C(F)(F)F. The van der Waals surface area contributed by atoms with Crippen LogP contribution in [0.1, 0.15) is 25.0 Å². The molecule has 0 aliphatic rings. The number of ether oxygens (including phenoxy) is 1. The Balaban J connectivity index is 3.07. The Kier molecular flexibility index (Phi) is 6.98. The molecule has 0 aromatic heterocycles. The number of hydrogen-bond donors (Lipinski definition) is 1. The summed E-state index contributed by atoms with van der Waals surface area (Å²) in [6.07, 6.45) is -4.36. The molecule has 0 amide bonds. The van der Waals surface area contributed by atoms with Crippen molar-refractivity contribution in [3.8, 4) is 0 Å². The average Bonchev–Trinajstić information content (AvgIpc) is 2.43. The lowest BCUT2D eigenvalue weighted by Crippen LogP contribution is -2.29. The van der Waals surface area contributed by atoms with E-state index in [1.165, 1.54) is 6.07 Å². The molecule has 0 fully saturated rings. The van der Waals surface area contributed by atoms with Crippen molar-refractivity contribution >= 4 is 5.69 Å². The van der Waals surface area contributed by atoms with Crippen LogP contribution in [-0.4, -0.2) is 33.4 Å². The molecule has 0 saturated heterocycles. The van der Waals surface area contributed by atoms with Crippen LogP contribution in [0.3, 0.4) is 0 Å². The van der Waals surface area contributed by atoms with Crippen LogP contribution >= 0.6 is 0 Å². The number of nitrogens with zero attached hydrogens (tertiary/aromatic N) is 1. The van der Waals surface area contributed by atoms with E-state index >= 15 is 0 Å². The second kappa shape index (κ2) is 8.24. The second-order valence-electron chi connectivity index (χ2n) is 4.66. The number of benzene rings is 1. The molecule has 0 atom stereocenters. The maximum Gasteiger partial charge on any atom is 0.418 e. The molecule has 0 unspecified atom stereocenters. The lowest BCUT2D eigenvalue weighted by atomic mass is 10.1. The van der Waals surface area contributed by atoms with Gasteiger partial charge < -0.3 is 15.0 Å². The Bertz CT molecular complexity index is 435. The normalized spacial score (nSPS) is 11.7. The Labute approximate surface area is 124 Å². The highest BCUT2D eigenvalue weighted by Crippen LogP contribution is 2.37. The maximum absolute atomic E-state index is 13.3.